The molecule has 0 aliphatic carbocycles. The highest BCUT2D eigenvalue weighted by Gasteiger charge is 2.24. The summed E-state index contributed by atoms with van der Waals surface area (Å²) in [7, 11) is 0. The summed E-state index contributed by atoms with van der Waals surface area (Å²) in [5.74, 6) is 1.51. The number of rotatable bonds is 4. The highest BCUT2D eigenvalue weighted by Crippen LogP contribution is 2.29. The van der Waals surface area contributed by atoms with Crippen LogP contribution in [0.5, 0.6) is 0 Å². The van der Waals surface area contributed by atoms with E-state index in [0.717, 1.165) is 22.5 Å². The van der Waals surface area contributed by atoms with Gasteiger partial charge in [-0.2, -0.15) is 0 Å². The van der Waals surface area contributed by atoms with Crippen LogP contribution in [0, 0.1) is 0 Å². The fourth-order valence-electron chi connectivity index (χ4n) is 3.92. The second-order valence-corrected chi connectivity index (χ2v) is 8.41. The molecular formula is C23H20Cl2N6O. The lowest BCUT2D eigenvalue weighted by Gasteiger charge is -2.35. The van der Waals surface area contributed by atoms with Gasteiger partial charge in [-0.05, 0) is 23.8 Å². The van der Waals surface area contributed by atoms with Crippen LogP contribution in [0.2, 0.25) is 10.0 Å². The second-order valence-electron chi connectivity index (χ2n) is 7.60. The molecule has 7 nitrogen and oxygen atoms in total. The minimum Gasteiger partial charge on any atom is -0.351 e. The quantitative estimate of drug-likeness (QED) is 0.487. The van der Waals surface area contributed by atoms with Crippen molar-refractivity contribution in [2.24, 2.45) is 0 Å². The molecule has 1 N–H and O–H groups in total. The number of halogens is 2. The predicted molar refractivity (Wildman–Crippen MR) is 126 cm³/mol. The summed E-state index contributed by atoms with van der Waals surface area (Å²) in [6, 6.07) is 15.0. The van der Waals surface area contributed by atoms with Crippen molar-refractivity contribution in [1.29, 1.82) is 0 Å². The maximum Gasteiger partial charge on any atom is 0.227 e. The van der Waals surface area contributed by atoms with Gasteiger partial charge in [-0.3, -0.25) is 4.79 Å². The molecule has 0 bridgehead atoms. The van der Waals surface area contributed by atoms with E-state index in [1.165, 1.54) is 6.33 Å². The Morgan fingerprint density at radius 1 is 0.938 bits per heavy atom. The fraction of sp³-hybridized carbons (Fsp3) is 0.217. The van der Waals surface area contributed by atoms with Crippen molar-refractivity contribution in [3.8, 4) is 11.4 Å². The van der Waals surface area contributed by atoms with E-state index < -0.39 is 0 Å². The van der Waals surface area contributed by atoms with Crippen LogP contribution in [0.3, 0.4) is 0 Å². The lowest BCUT2D eigenvalue weighted by atomic mass is 10.1. The van der Waals surface area contributed by atoms with Gasteiger partial charge >= 0.3 is 0 Å². The van der Waals surface area contributed by atoms with Gasteiger partial charge < -0.3 is 14.8 Å². The third kappa shape index (κ3) is 4.01. The summed E-state index contributed by atoms with van der Waals surface area (Å²) in [6.45, 7) is 2.56. The molecule has 4 aromatic rings. The number of nitrogens with zero attached hydrogens (tertiary/aromatic N) is 5. The molecule has 2 aromatic heterocycles. The molecule has 5 rings (SSSR count). The molecule has 0 radical (unpaired) electrons. The molecule has 3 heterocycles. The number of aromatic nitrogens is 4. The third-order valence-electron chi connectivity index (χ3n) is 5.63. The highest BCUT2D eigenvalue weighted by atomic mass is 35.5. The number of amides is 1. The van der Waals surface area contributed by atoms with Crippen molar-refractivity contribution in [2.45, 2.75) is 6.42 Å². The molecule has 1 fully saturated rings. The molecular weight excluding hydrogens is 447 g/mol. The summed E-state index contributed by atoms with van der Waals surface area (Å²) < 4.78 is 0. The van der Waals surface area contributed by atoms with Gasteiger partial charge in [0.25, 0.3) is 0 Å². The first-order valence-electron chi connectivity index (χ1n) is 10.3. The summed E-state index contributed by atoms with van der Waals surface area (Å²) in [5.41, 5.74) is 3.01. The Morgan fingerprint density at radius 2 is 1.66 bits per heavy atom. The Bertz CT molecular complexity index is 1280. The van der Waals surface area contributed by atoms with Crippen molar-refractivity contribution < 1.29 is 4.79 Å². The standard InChI is InChI=1S/C23H20Cl2N6O/c24-17-7-3-1-5-15(17)13-19(32)30-9-11-31(12-10-30)23-20-22(26-14-27-23)29-21(28-20)16-6-2-4-8-18(16)25/h1-8,14H,9-13H2,(H,26,27,28,29). The molecule has 0 atom stereocenters. The van der Waals surface area contributed by atoms with Crippen LogP contribution < -0.4 is 4.90 Å². The van der Waals surface area contributed by atoms with E-state index in [9.17, 15) is 4.79 Å². The second kappa shape index (κ2) is 8.76. The first-order chi connectivity index (χ1) is 15.6. The van der Waals surface area contributed by atoms with Crippen molar-refractivity contribution in [1.82, 2.24) is 24.8 Å². The Balaban J connectivity index is 1.32. The molecule has 1 aliphatic rings. The Kier molecular flexibility index (Phi) is 5.68. The minimum absolute atomic E-state index is 0.0770. The lowest BCUT2D eigenvalue weighted by Crippen LogP contribution is -2.49. The van der Waals surface area contributed by atoms with Gasteiger partial charge in [0.2, 0.25) is 5.91 Å². The number of hydrogen-bond donors (Lipinski definition) is 1. The number of nitrogens with one attached hydrogen (secondary N) is 1. The van der Waals surface area contributed by atoms with Crippen LogP contribution in [0.4, 0.5) is 5.82 Å². The highest BCUT2D eigenvalue weighted by molar-refractivity contribution is 6.33. The summed E-state index contributed by atoms with van der Waals surface area (Å²) in [6.07, 6.45) is 1.82. The van der Waals surface area contributed by atoms with E-state index >= 15 is 0 Å². The smallest absolute Gasteiger partial charge is 0.227 e. The van der Waals surface area contributed by atoms with E-state index in [-0.39, 0.29) is 5.91 Å². The monoisotopic (exact) mass is 466 g/mol. The minimum atomic E-state index is 0.0770. The summed E-state index contributed by atoms with van der Waals surface area (Å²) in [4.78, 5) is 33.5. The number of anilines is 1. The predicted octanol–water partition coefficient (Wildman–Crippen LogP) is 4.22. The van der Waals surface area contributed by atoms with Crippen molar-refractivity contribution in [3.63, 3.8) is 0 Å². The van der Waals surface area contributed by atoms with Gasteiger partial charge in [-0.15, -0.1) is 0 Å². The number of piperazine rings is 1. The third-order valence-corrected chi connectivity index (χ3v) is 6.33. The number of carbonyl (C=O) groups is 1. The molecule has 0 spiro atoms. The van der Waals surface area contributed by atoms with Gasteiger partial charge in [0.15, 0.2) is 11.5 Å². The number of carbonyl (C=O) groups excluding carboxylic acids is 1. The van der Waals surface area contributed by atoms with Gasteiger partial charge in [0.1, 0.15) is 17.7 Å². The van der Waals surface area contributed by atoms with E-state index in [1.807, 2.05) is 53.4 Å². The van der Waals surface area contributed by atoms with E-state index in [2.05, 4.69) is 24.8 Å². The Hall–Kier alpha value is -3.16. The van der Waals surface area contributed by atoms with Gasteiger partial charge in [0.05, 0.1) is 11.4 Å². The fourth-order valence-corrected chi connectivity index (χ4v) is 4.35. The average molecular weight is 467 g/mol. The van der Waals surface area contributed by atoms with Crippen LogP contribution in [0.25, 0.3) is 22.6 Å². The first-order valence-corrected chi connectivity index (χ1v) is 11.1. The molecule has 1 saturated heterocycles. The average Bonchev–Trinajstić information content (AvgIpc) is 3.25. The number of H-pyrrole nitrogens is 1. The zero-order valence-corrected chi connectivity index (χ0v) is 18.6. The molecule has 2 aromatic carbocycles. The number of hydrogen-bond acceptors (Lipinski definition) is 5. The van der Waals surface area contributed by atoms with Crippen LogP contribution in [0.15, 0.2) is 54.9 Å². The maximum absolute atomic E-state index is 12.8. The normalized spacial score (nSPS) is 14.2. The number of benzene rings is 2. The van der Waals surface area contributed by atoms with Crippen LogP contribution in [0.1, 0.15) is 5.56 Å². The SMILES string of the molecule is O=C(Cc1ccccc1Cl)N1CCN(c2ncnc3nc(-c4ccccc4Cl)[nH]c23)CC1. The zero-order valence-electron chi connectivity index (χ0n) is 17.1. The molecule has 162 valence electrons. The molecule has 32 heavy (non-hydrogen) atoms. The van der Waals surface area contributed by atoms with Gasteiger partial charge in [-0.25, -0.2) is 15.0 Å². The number of fused-ring (bicyclic) bond motifs is 1. The number of aromatic amines is 1. The lowest BCUT2D eigenvalue weighted by molar-refractivity contribution is -0.130. The van der Waals surface area contributed by atoms with E-state index in [1.54, 1.807) is 0 Å². The van der Waals surface area contributed by atoms with Crippen LogP contribution in [-0.4, -0.2) is 56.9 Å². The Labute approximate surface area is 195 Å². The van der Waals surface area contributed by atoms with Crippen molar-refractivity contribution in [2.75, 3.05) is 31.1 Å². The maximum atomic E-state index is 12.8. The van der Waals surface area contributed by atoms with Crippen LogP contribution >= 0.6 is 23.2 Å². The molecule has 1 aliphatic heterocycles. The topological polar surface area (TPSA) is 78.0 Å². The first kappa shape index (κ1) is 20.7. The van der Waals surface area contributed by atoms with Gasteiger partial charge in [0, 0.05) is 36.8 Å². The Morgan fingerprint density at radius 3 is 2.41 bits per heavy atom. The van der Waals surface area contributed by atoms with Crippen LogP contribution in [-0.2, 0) is 11.2 Å². The molecule has 0 saturated carbocycles. The zero-order chi connectivity index (χ0) is 22.1. The summed E-state index contributed by atoms with van der Waals surface area (Å²) >= 11 is 12.5. The van der Waals surface area contributed by atoms with E-state index in [0.29, 0.717) is 54.1 Å². The van der Waals surface area contributed by atoms with E-state index in [4.69, 9.17) is 23.2 Å². The van der Waals surface area contributed by atoms with Crippen molar-refractivity contribution >= 4 is 46.1 Å². The number of imidazole rings is 1. The molecule has 1 amide bonds. The van der Waals surface area contributed by atoms with Gasteiger partial charge in [-0.1, -0.05) is 53.5 Å². The van der Waals surface area contributed by atoms with Crippen molar-refractivity contribution in [3.05, 3.63) is 70.5 Å². The summed E-state index contributed by atoms with van der Waals surface area (Å²) in [5, 5.41) is 1.24. The largest absolute Gasteiger partial charge is 0.351 e. The molecule has 0 unspecified atom stereocenters. The molecule has 9 heteroatoms.